The maximum absolute atomic E-state index is 10.5. The molecule has 0 fully saturated rings. The second kappa shape index (κ2) is 4.08. The van der Waals surface area contributed by atoms with Crippen LogP contribution < -0.4 is 5.73 Å². The van der Waals surface area contributed by atoms with Crippen LogP contribution in [-0.4, -0.2) is 22.9 Å². The Bertz CT molecular complexity index is 167. The first kappa shape index (κ1) is 10.1. The maximum atomic E-state index is 10.5. The van der Waals surface area contributed by atoms with Crippen molar-refractivity contribution in [3.63, 3.8) is 0 Å². The van der Waals surface area contributed by atoms with Crippen LogP contribution in [-0.2, 0) is 9.59 Å². The molecule has 0 aliphatic heterocycles. The predicted molar refractivity (Wildman–Crippen MR) is 40.1 cm³/mol. The lowest BCUT2D eigenvalue weighted by Gasteiger charge is -2.13. The summed E-state index contributed by atoms with van der Waals surface area (Å²) in [6.07, 6.45) is 0.230. The van der Waals surface area contributed by atoms with Crippen LogP contribution >= 0.6 is 0 Å². The molecule has 11 heavy (non-hydrogen) atoms. The molecule has 0 saturated carbocycles. The van der Waals surface area contributed by atoms with Crippen molar-refractivity contribution in [1.29, 1.82) is 0 Å². The minimum atomic E-state index is -1.06. The summed E-state index contributed by atoms with van der Waals surface area (Å²) in [4.78, 5) is 20.8. The Morgan fingerprint density at radius 1 is 1.55 bits per heavy atom. The quantitative estimate of drug-likeness (QED) is 0.605. The molecule has 0 rings (SSSR count). The van der Waals surface area contributed by atoms with Crippen molar-refractivity contribution in [1.82, 2.24) is 0 Å². The van der Waals surface area contributed by atoms with Crippen molar-refractivity contribution in [2.24, 2.45) is 11.7 Å². The number of carboxylic acid groups (broad SMARTS) is 1. The normalized spacial score (nSPS) is 15.5. The van der Waals surface area contributed by atoms with Gasteiger partial charge in [-0.1, -0.05) is 6.92 Å². The summed E-state index contributed by atoms with van der Waals surface area (Å²) in [5, 5.41) is 8.43. The molecule has 0 aromatic heterocycles. The van der Waals surface area contributed by atoms with Gasteiger partial charge in [0.05, 0.1) is 0 Å². The maximum Gasteiger partial charge on any atom is 0.320 e. The molecule has 64 valence electrons. The number of Topliss-reactive ketones (excluding diaryl/α,β-unsaturated/α-hetero) is 1. The Morgan fingerprint density at radius 3 is 2.27 bits per heavy atom. The smallest absolute Gasteiger partial charge is 0.320 e. The number of rotatable bonds is 4. The summed E-state index contributed by atoms with van der Waals surface area (Å²) in [7, 11) is 0. The van der Waals surface area contributed by atoms with Crippen LogP contribution in [0.3, 0.4) is 0 Å². The van der Waals surface area contributed by atoms with Crippen molar-refractivity contribution in [2.45, 2.75) is 26.3 Å². The van der Waals surface area contributed by atoms with Crippen LogP contribution in [0.5, 0.6) is 0 Å². The van der Waals surface area contributed by atoms with Crippen molar-refractivity contribution < 1.29 is 14.7 Å². The Balaban J connectivity index is 3.92. The third kappa shape index (κ3) is 3.72. The van der Waals surface area contributed by atoms with Gasteiger partial charge in [0.15, 0.2) is 0 Å². The predicted octanol–water partition coefficient (Wildman–Crippen LogP) is 0.0135. The van der Waals surface area contributed by atoms with E-state index >= 15 is 0 Å². The highest BCUT2D eigenvalue weighted by Gasteiger charge is 2.20. The minimum Gasteiger partial charge on any atom is -0.480 e. The molecule has 4 nitrogen and oxygen atoms in total. The van der Waals surface area contributed by atoms with Crippen molar-refractivity contribution >= 4 is 11.8 Å². The topological polar surface area (TPSA) is 80.4 Å². The first-order valence-corrected chi connectivity index (χ1v) is 3.43. The number of carbonyl (C=O) groups excluding carboxylic acids is 1. The van der Waals surface area contributed by atoms with Gasteiger partial charge in [-0.2, -0.15) is 0 Å². The van der Waals surface area contributed by atoms with E-state index in [1.165, 1.54) is 6.92 Å². The van der Waals surface area contributed by atoms with Crippen molar-refractivity contribution in [2.75, 3.05) is 0 Å². The van der Waals surface area contributed by atoms with Crippen LogP contribution in [0.15, 0.2) is 0 Å². The highest BCUT2D eigenvalue weighted by molar-refractivity contribution is 5.78. The van der Waals surface area contributed by atoms with E-state index in [4.69, 9.17) is 10.8 Å². The summed E-state index contributed by atoms with van der Waals surface area (Å²) in [5.41, 5.74) is 5.26. The number of nitrogens with two attached hydrogens (primary N) is 1. The molecule has 0 aliphatic carbocycles. The van der Waals surface area contributed by atoms with E-state index in [0.29, 0.717) is 0 Å². The molecule has 2 atom stereocenters. The van der Waals surface area contributed by atoms with Gasteiger partial charge in [-0.05, 0) is 12.8 Å². The highest BCUT2D eigenvalue weighted by atomic mass is 16.4. The summed E-state index contributed by atoms with van der Waals surface area (Å²) < 4.78 is 0. The fraction of sp³-hybridized carbons (Fsp3) is 0.714. The zero-order valence-electron chi connectivity index (χ0n) is 6.70. The van der Waals surface area contributed by atoms with Gasteiger partial charge >= 0.3 is 5.97 Å². The van der Waals surface area contributed by atoms with Gasteiger partial charge in [0.2, 0.25) is 0 Å². The lowest BCUT2D eigenvalue weighted by molar-refractivity contribution is -0.139. The molecule has 0 amide bonds. The van der Waals surface area contributed by atoms with Crippen molar-refractivity contribution in [3.05, 3.63) is 0 Å². The van der Waals surface area contributed by atoms with Crippen LogP contribution in [0, 0.1) is 5.92 Å². The third-order valence-electron chi connectivity index (χ3n) is 1.51. The van der Waals surface area contributed by atoms with Gasteiger partial charge < -0.3 is 15.6 Å². The van der Waals surface area contributed by atoms with Gasteiger partial charge in [0, 0.05) is 6.42 Å². The molecule has 0 bridgehead atoms. The zero-order valence-corrected chi connectivity index (χ0v) is 6.70. The fourth-order valence-electron chi connectivity index (χ4n) is 0.824. The van der Waals surface area contributed by atoms with Crippen LogP contribution in [0.1, 0.15) is 20.3 Å². The number of carboxylic acids is 1. The number of hydrogen-bond acceptors (Lipinski definition) is 3. The van der Waals surface area contributed by atoms with Gasteiger partial charge in [0.1, 0.15) is 11.8 Å². The molecular weight excluding hydrogens is 146 g/mol. The Labute approximate surface area is 65.4 Å². The molecule has 0 aliphatic rings. The molecule has 0 aromatic carbocycles. The Hall–Kier alpha value is -0.900. The van der Waals surface area contributed by atoms with Crippen LogP contribution in [0.4, 0.5) is 0 Å². The first-order valence-electron chi connectivity index (χ1n) is 3.43. The fourth-order valence-corrected chi connectivity index (χ4v) is 0.824. The van der Waals surface area contributed by atoms with E-state index < -0.39 is 12.0 Å². The highest BCUT2D eigenvalue weighted by Crippen LogP contribution is 2.06. The molecule has 3 N–H and O–H groups in total. The molecule has 0 spiro atoms. The Kier molecular flexibility index (Phi) is 3.74. The summed E-state index contributed by atoms with van der Waals surface area (Å²) in [5.74, 6) is -1.38. The second-order valence-electron chi connectivity index (χ2n) is 2.75. The lowest BCUT2D eigenvalue weighted by Crippen LogP contribution is -2.37. The van der Waals surface area contributed by atoms with Crippen LogP contribution in [0.2, 0.25) is 0 Å². The summed E-state index contributed by atoms with van der Waals surface area (Å²) in [6.45, 7) is 3.07. The zero-order chi connectivity index (χ0) is 9.02. The second-order valence-corrected chi connectivity index (χ2v) is 2.75. The van der Waals surface area contributed by atoms with Crippen molar-refractivity contribution in [3.8, 4) is 0 Å². The molecule has 0 saturated heterocycles. The van der Waals surface area contributed by atoms with Gasteiger partial charge in [-0.3, -0.25) is 4.79 Å². The molecule has 0 aromatic rings. The van der Waals surface area contributed by atoms with E-state index in [1.54, 1.807) is 6.92 Å². The number of hydrogen-bond donors (Lipinski definition) is 2. The Morgan fingerprint density at radius 2 is 2.00 bits per heavy atom. The molecule has 4 heteroatoms. The lowest BCUT2D eigenvalue weighted by atomic mass is 9.97. The largest absolute Gasteiger partial charge is 0.480 e. The summed E-state index contributed by atoms with van der Waals surface area (Å²) >= 11 is 0. The van der Waals surface area contributed by atoms with E-state index in [9.17, 15) is 9.59 Å². The number of carbonyl (C=O) groups is 2. The van der Waals surface area contributed by atoms with E-state index in [1.807, 2.05) is 0 Å². The average molecular weight is 159 g/mol. The van der Waals surface area contributed by atoms with E-state index in [2.05, 4.69) is 0 Å². The van der Waals surface area contributed by atoms with Gasteiger partial charge in [-0.15, -0.1) is 0 Å². The summed E-state index contributed by atoms with van der Waals surface area (Å²) in [6, 6.07) is -0.932. The first-order chi connectivity index (χ1) is 4.95. The number of aliphatic carboxylic acids is 1. The van der Waals surface area contributed by atoms with E-state index in [-0.39, 0.29) is 18.1 Å². The SMILES string of the molecule is CC(=O)CC(C)[C@H](N)C(=O)O. The standard InChI is InChI=1S/C7H13NO3/c1-4(3-5(2)9)6(8)7(10)11/h4,6H,3,8H2,1-2H3,(H,10,11)/t4?,6-/m0/s1. The number of ketones is 1. The van der Waals surface area contributed by atoms with Crippen LogP contribution in [0.25, 0.3) is 0 Å². The minimum absolute atomic E-state index is 0.0331. The molecule has 0 heterocycles. The van der Waals surface area contributed by atoms with Gasteiger partial charge in [-0.25, -0.2) is 0 Å². The molecule has 0 radical (unpaired) electrons. The third-order valence-corrected chi connectivity index (χ3v) is 1.51. The monoisotopic (exact) mass is 159 g/mol. The molecule has 1 unspecified atom stereocenters. The molecular formula is C7H13NO3. The average Bonchev–Trinajstić information content (AvgIpc) is 1.84. The van der Waals surface area contributed by atoms with Gasteiger partial charge in [0.25, 0.3) is 0 Å². The van der Waals surface area contributed by atoms with E-state index in [0.717, 1.165) is 0 Å².